The Morgan fingerprint density at radius 2 is 2.08 bits per heavy atom. The summed E-state index contributed by atoms with van der Waals surface area (Å²) in [4.78, 5) is 14.9. The van der Waals surface area contributed by atoms with E-state index in [0.29, 0.717) is 13.1 Å². The predicted octanol–water partition coefficient (Wildman–Crippen LogP) is 1.83. The molecule has 128 valence electrons. The van der Waals surface area contributed by atoms with E-state index in [1.165, 1.54) is 0 Å². The van der Waals surface area contributed by atoms with Gasteiger partial charge in [-0.1, -0.05) is 18.2 Å². The lowest BCUT2D eigenvalue weighted by molar-refractivity contribution is 0.0700. The number of methoxy groups -OCH3 is 1. The molecular weight excluding hydrogens is 304 g/mol. The van der Waals surface area contributed by atoms with Crippen LogP contribution in [0.4, 0.5) is 0 Å². The van der Waals surface area contributed by atoms with Gasteiger partial charge in [0.2, 0.25) is 0 Å². The first-order valence-electron chi connectivity index (χ1n) is 8.18. The molecule has 0 bridgehead atoms. The molecular formula is C18H24N4O2. The molecule has 1 atom stereocenters. The molecule has 1 aromatic heterocycles. The van der Waals surface area contributed by atoms with Gasteiger partial charge in [0.25, 0.3) is 5.91 Å². The fraction of sp³-hybridized carbons (Fsp3) is 0.444. The molecule has 0 radical (unpaired) electrons. The molecule has 0 aliphatic carbocycles. The third-order valence-electron chi connectivity index (χ3n) is 4.70. The molecule has 24 heavy (non-hydrogen) atoms. The SMILES string of the molecule is COc1ccccc1[C@H]1CN(C(=O)c2c(C)nn(C)c2C)CCN1. The molecule has 1 N–H and O–H groups in total. The van der Waals surface area contributed by atoms with Gasteiger partial charge in [-0.15, -0.1) is 0 Å². The van der Waals surface area contributed by atoms with Crippen LogP contribution in [0.5, 0.6) is 5.75 Å². The summed E-state index contributed by atoms with van der Waals surface area (Å²) in [5.74, 6) is 0.900. The van der Waals surface area contributed by atoms with Gasteiger partial charge in [0.1, 0.15) is 5.75 Å². The van der Waals surface area contributed by atoms with E-state index in [1.54, 1.807) is 11.8 Å². The molecule has 1 aliphatic heterocycles. The Hall–Kier alpha value is -2.34. The lowest BCUT2D eigenvalue weighted by atomic mass is 10.0. The Kier molecular flexibility index (Phi) is 4.57. The van der Waals surface area contributed by atoms with Crippen LogP contribution >= 0.6 is 0 Å². The Bertz CT molecular complexity index is 753. The van der Waals surface area contributed by atoms with Crippen LogP contribution in [-0.2, 0) is 7.05 Å². The molecule has 0 spiro atoms. The van der Waals surface area contributed by atoms with Crippen LogP contribution in [0.1, 0.15) is 33.4 Å². The first-order valence-corrected chi connectivity index (χ1v) is 8.18. The third-order valence-corrected chi connectivity index (χ3v) is 4.70. The minimum atomic E-state index is 0.0551. The van der Waals surface area contributed by atoms with Gasteiger partial charge in [-0.3, -0.25) is 9.48 Å². The van der Waals surface area contributed by atoms with Gasteiger partial charge in [0, 0.05) is 37.9 Å². The maximum Gasteiger partial charge on any atom is 0.257 e. The average molecular weight is 328 g/mol. The Morgan fingerprint density at radius 3 is 2.75 bits per heavy atom. The summed E-state index contributed by atoms with van der Waals surface area (Å²) in [6.07, 6.45) is 0. The van der Waals surface area contributed by atoms with Crippen LogP contribution in [-0.4, -0.2) is 47.3 Å². The van der Waals surface area contributed by atoms with E-state index < -0.39 is 0 Å². The van der Waals surface area contributed by atoms with Crippen molar-refractivity contribution < 1.29 is 9.53 Å². The zero-order valence-electron chi connectivity index (χ0n) is 14.7. The normalized spacial score (nSPS) is 17.8. The summed E-state index contributed by atoms with van der Waals surface area (Å²) in [5.41, 5.74) is 3.49. The van der Waals surface area contributed by atoms with E-state index >= 15 is 0 Å². The molecule has 3 rings (SSSR count). The maximum absolute atomic E-state index is 13.0. The van der Waals surface area contributed by atoms with Crippen molar-refractivity contribution in [1.29, 1.82) is 0 Å². The second-order valence-electron chi connectivity index (χ2n) is 6.17. The fourth-order valence-corrected chi connectivity index (χ4v) is 3.34. The van der Waals surface area contributed by atoms with Gasteiger partial charge in [-0.25, -0.2) is 0 Å². The van der Waals surface area contributed by atoms with Crippen LogP contribution in [0.3, 0.4) is 0 Å². The largest absolute Gasteiger partial charge is 0.496 e. The predicted molar refractivity (Wildman–Crippen MR) is 92.3 cm³/mol. The molecule has 1 saturated heterocycles. The highest BCUT2D eigenvalue weighted by molar-refractivity contribution is 5.96. The molecule has 0 saturated carbocycles. The van der Waals surface area contributed by atoms with Crippen LogP contribution in [0.25, 0.3) is 0 Å². The highest BCUT2D eigenvalue weighted by atomic mass is 16.5. The maximum atomic E-state index is 13.0. The van der Waals surface area contributed by atoms with E-state index in [0.717, 1.165) is 34.8 Å². The molecule has 6 heteroatoms. The van der Waals surface area contributed by atoms with E-state index in [1.807, 2.05) is 50.1 Å². The summed E-state index contributed by atoms with van der Waals surface area (Å²) < 4.78 is 7.23. The molecule has 1 aromatic carbocycles. The smallest absolute Gasteiger partial charge is 0.257 e. The van der Waals surface area contributed by atoms with E-state index in [4.69, 9.17) is 4.74 Å². The summed E-state index contributed by atoms with van der Waals surface area (Å²) in [6, 6.07) is 8.01. The van der Waals surface area contributed by atoms with Crippen LogP contribution in [0.2, 0.25) is 0 Å². The lowest BCUT2D eigenvalue weighted by Gasteiger charge is -2.34. The zero-order chi connectivity index (χ0) is 17.3. The van der Waals surface area contributed by atoms with Crippen molar-refractivity contribution in [3.63, 3.8) is 0 Å². The summed E-state index contributed by atoms with van der Waals surface area (Å²) in [7, 11) is 3.54. The van der Waals surface area contributed by atoms with E-state index in [9.17, 15) is 4.79 Å². The number of nitrogens with zero attached hydrogens (tertiary/aromatic N) is 3. The van der Waals surface area contributed by atoms with Crippen LogP contribution in [0, 0.1) is 13.8 Å². The molecule has 2 heterocycles. The van der Waals surface area contributed by atoms with Gasteiger partial charge in [0.15, 0.2) is 0 Å². The van der Waals surface area contributed by atoms with Crippen molar-refractivity contribution in [3.05, 3.63) is 46.8 Å². The second kappa shape index (κ2) is 6.65. The number of aryl methyl sites for hydroxylation is 2. The number of rotatable bonds is 3. The molecule has 1 aliphatic rings. The van der Waals surface area contributed by atoms with Gasteiger partial charge in [-0.2, -0.15) is 5.10 Å². The van der Waals surface area contributed by atoms with Crippen molar-refractivity contribution in [2.75, 3.05) is 26.7 Å². The highest BCUT2D eigenvalue weighted by Gasteiger charge is 2.29. The monoisotopic (exact) mass is 328 g/mol. The molecule has 0 unspecified atom stereocenters. The number of hydrogen-bond acceptors (Lipinski definition) is 4. The Balaban J connectivity index is 1.84. The van der Waals surface area contributed by atoms with Crippen molar-refractivity contribution in [3.8, 4) is 5.75 Å². The number of ether oxygens (including phenoxy) is 1. The summed E-state index contributed by atoms with van der Waals surface area (Å²) in [6.45, 7) is 5.89. The van der Waals surface area contributed by atoms with Crippen molar-refractivity contribution in [2.24, 2.45) is 7.05 Å². The number of amides is 1. The van der Waals surface area contributed by atoms with Crippen LogP contribution in [0.15, 0.2) is 24.3 Å². The van der Waals surface area contributed by atoms with Gasteiger partial charge >= 0.3 is 0 Å². The van der Waals surface area contributed by atoms with E-state index in [-0.39, 0.29) is 11.9 Å². The highest BCUT2D eigenvalue weighted by Crippen LogP contribution is 2.27. The quantitative estimate of drug-likeness (QED) is 0.934. The van der Waals surface area contributed by atoms with Crippen molar-refractivity contribution in [1.82, 2.24) is 20.0 Å². The summed E-state index contributed by atoms with van der Waals surface area (Å²) >= 11 is 0. The van der Waals surface area contributed by atoms with Gasteiger partial charge in [0.05, 0.1) is 24.4 Å². The van der Waals surface area contributed by atoms with Crippen LogP contribution < -0.4 is 10.1 Å². The summed E-state index contributed by atoms with van der Waals surface area (Å²) in [5, 5.41) is 7.85. The second-order valence-corrected chi connectivity index (χ2v) is 6.17. The number of para-hydroxylation sites is 1. The van der Waals surface area contributed by atoms with Gasteiger partial charge in [-0.05, 0) is 19.9 Å². The molecule has 1 amide bonds. The average Bonchev–Trinajstić information content (AvgIpc) is 2.86. The standard InChI is InChI=1S/C18H24N4O2/c1-12-17(13(2)21(3)20-12)18(23)22-10-9-19-15(11-22)14-7-5-6-8-16(14)24-4/h5-8,15,19H,9-11H2,1-4H3/t15-/m1/s1. The first kappa shape index (κ1) is 16.5. The zero-order valence-corrected chi connectivity index (χ0v) is 14.7. The number of aromatic nitrogens is 2. The van der Waals surface area contributed by atoms with Crippen molar-refractivity contribution in [2.45, 2.75) is 19.9 Å². The molecule has 1 fully saturated rings. The molecule has 6 nitrogen and oxygen atoms in total. The number of nitrogens with one attached hydrogen (secondary N) is 1. The minimum Gasteiger partial charge on any atom is -0.496 e. The number of carbonyl (C=O) groups excluding carboxylic acids is 1. The number of carbonyl (C=O) groups is 1. The number of piperazine rings is 1. The minimum absolute atomic E-state index is 0.0551. The lowest BCUT2D eigenvalue weighted by Crippen LogP contribution is -2.48. The van der Waals surface area contributed by atoms with E-state index in [2.05, 4.69) is 10.4 Å². The Morgan fingerprint density at radius 1 is 1.33 bits per heavy atom. The fourth-order valence-electron chi connectivity index (χ4n) is 3.34. The topological polar surface area (TPSA) is 59.4 Å². The first-order chi connectivity index (χ1) is 11.5. The number of benzene rings is 1. The third kappa shape index (κ3) is 2.89. The molecule has 2 aromatic rings. The number of hydrogen-bond donors (Lipinski definition) is 1. The Labute approximate surface area is 142 Å². The van der Waals surface area contributed by atoms with Gasteiger partial charge < -0.3 is 15.0 Å². The van der Waals surface area contributed by atoms with Crippen molar-refractivity contribution >= 4 is 5.91 Å².